The monoisotopic (exact) mass is 437 g/mol. The highest BCUT2D eigenvalue weighted by Gasteiger charge is 2.22. The maximum Gasteiger partial charge on any atom is 0.345 e. The van der Waals surface area contributed by atoms with Crippen LogP contribution in [0.4, 0.5) is 0 Å². The zero-order chi connectivity index (χ0) is 22.8. The Morgan fingerprint density at radius 2 is 1.97 bits per heavy atom. The fraction of sp³-hybridized carbons (Fsp3) is 0.440. The molecule has 1 saturated carbocycles. The van der Waals surface area contributed by atoms with Crippen molar-refractivity contribution >= 4 is 16.9 Å². The molecule has 1 aliphatic carbocycles. The minimum absolute atomic E-state index is 0.390. The molecular weight excluding hydrogens is 406 g/mol. The quantitative estimate of drug-likeness (QED) is 0.444. The van der Waals surface area contributed by atoms with Gasteiger partial charge in [0.25, 0.3) is 5.56 Å². The molecule has 0 spiro atoms. The minimum Gasteiger partial charge on any atom is -0.506 e. The van der Waals surface area contributed by atoms with Gasteiger partial charge in [0.05, 0.1) is 5.69 Å². The first-order valence-corrected chi connectivity index (χ1v) is 11.4. The van der Waals surface area contributed by atoms with Crippen molar-refractivity contribution < 1.29 is 15.0 Å². The Labute approximate surface area is 187 Å². The Hall–Kier alpha value is -3.06. The standard InChI is InChI=1S/C25H31N3O4/c1-3-19-22(27-24(30)21(23(19)29)25(31)32)16-9-10-20-17(11-16)12-18(28(20)2)14-26-13-15-7-5-4-6-8-15/h9-12,15,26H,3-8,13-14H2,1-2H3,(H,31,32)(H2,27,29,30). The molecule has 7 heteroatoms. The van der Waals surface area contributed by atoms with Gasteiger partial charge < -0.3 is 25.1 Å². The highest BCUT2D eigenvalue weighted by Crippen LogP contribution is 2.32. The number of pyridine rings is 1. The smallest absolute Gasteiger partial charge is 0.345 e. The largest absolute Gasteiger partial charge is 0.506 e. The maximum atomic E-state index is 12.3. The average molecular weight is 438 g/mol. The van der Waals surface area contributed by atoms with Crippen LogP contribution >= 0.6 is 0 Å². The molecule has 0 amide bonds. The zero-order valence-electron chi connectivity index (χ0n) is 18.7. The van der Waals surface area contributed by atoms with E-state index in [2.05, 4.69) is 20.9 Å². The number of carboxylic acid groups (broad SMARTS) is 1. The van der Waals surface area contributed by atoms with Crippen LogP contribution in [-0.2, 0) is 20.0 Å². The van der Waals surface area contributed by atoms with Gasteiger partial charge >= 0.3 is 5.97 Å². The summed E-state index contributed by atoms with van der Waals surface area (Å²) in [5.74, 6) is -1.12. The fourth-order valence-corrected chi connectivity index (χ4v) is 4.94. The van der Waals surface area contributed by atoms with Gasteiger partial charge in [-0.3, -0.25) is 4.79 Å². The van der Waals surface area contributed by atoms with E-state index in [1.54, 1.807) is 0 Å². The van der Waals surface area contributed by atoms with Crippen LogP contribution in [0.5, 0.6) is 5.75 Å². The molecule has 1 aliphatic rings. The molecule has 3 aromatic rings. The summed E-state index contributed by atoms with van der Waals surface area (Å²) in [4.78, 5) is 26.4. The van der Waals surface area contributed by atoms with Gasteiger partial charge in [-0.15, -0.1) is 0 Å². The number of rotatable bonds is 7. The molecule has 1 fully saturated rings. The molecule has 4 rings (SSSR count). The molecular formula is C25H31N3O4. The van der Waals surface area contributed by atoms with E-state index >= 15 is 0 Å². The number of aryl methyl sites for hydroxylation is 1. The lowest BCUT2D eigenvalue weighted by atomic mass is 9.89. The number of aromatic amines is 1. The summed E-state index contributed by atoms with van der Waals surface area (Å²) >= 11 is 0. The van der Waals surface area contributed by atoms with Crippen molar-refractivity contribution in [1.82, 2.24) is 14.9 Å². The Morgan fingerprint density at radius 3 is 2.66 bits per heavy atom. The molecule has 0 unspecified atom stereocenters. The zero-order valence-corrected chi connectivity index (χ0v) is 18.7. The summed E-state index contributed by atoms with van der Waals surface area (Å²) in [5.41, 5.74) is 2.47. The molecule has 2 aromatic heterocycles. The van der Waals surface area contributed by atoms with Gasteiger partial charge in [-0.2, -0.15) is 0 Å². The number of aromatic nitrogens is 2. The van der Waals surface area contributed by atoms with Gasteiger partial charge in [-0.25, -0.2) is 4.79 Å². The fourth-order valence-electron chi connectivity index (χ4n) is 4.94. The van der Waals surface area contributed by atoms with E-state index in [4.69, 9.17) is 0 Å². The van der Waals surface area contributed by atoms with Crippen LogP contribution in [0.2, 0.25) is 0 Å². The van der Waals surface area contributed by atoms with Crippen LogP contribution in [0.3, 0.4) is 0 Å². The first-order chi connectivity index (χ1) is 15.4. The second-order valence-corrected chi connectivity index (χ2v) is 8.79. The van der Waals surface area contributed by atoms with Crippen molar-refractivity contribution in [3.8, 4) is 17.0 Å². The van der Waals surface area contributed by atoms with E-state index in [0.717, 1.165) is 35.5 Å². The van der Waals surface area contributed by atoms with E-state index in [1.165, 1.54) is 37.8 Å². The number of H-pyrrole nitrogens is 1. The third kappa shape index (κ3) is 4.17. The summed E-state index contributed by atoms with van der Waals surface area (Å²) in [5, 5.41) is 24.3. The molecule has 0 saturated heterocycles. The van der Waals surface area contributed by atoms with E-state index in [0.29, 0.717) is 17.7 Å². The predicted octanol–water partition coefficient (Wildman–Crippen LogP) is 4.17. The van der Waals surface area contributed by atoms with Crippen LogP contribution in [0.1, 0.15) is 60.6 Å². The number of aromatic carboxylic acids is 1. The van der Waals surface area contributed by atoms with Crippen LogP contribution in [0.15, 0.2) is 29.1 Å². The van der Waals surface area contributed by atoms with Crippen molar-refractivity contribution in [2.45, 2.75) is 52.0 Å². The summed E-state index contributed by atoms with van der Waals surface area (Å²) in [6, 6.07) is 8.01. The maximum absolute atomic E-state index is 12.3. The summed E-state index contributed by atoms with van der Waals surface area (Å²) in [6.07, 6.45) is 7.07. The molecule has 2 heterocycles. The lowest BCUT2D eigenvalue weighted by molar-refractivity contribution is 0.0691. The molecule has 4 N–H and O–H groups in total. The summed E-state index contributed by atoms with van der Waals surface area (Å²) in [6.45, 7) is 3.66. The lowest BCUT2D eigenvalue weighted by Gasteiger charge is -2.21. The van der Waals surface area contributed by atoms with Crippen molar-refractivity contribution in [3.05, 3.63) is 51.4 Å². The number of nitrogens with zero attached hydrogens (tertiary/aromatic N) is 1. The van der Waals surface area contributed by atoms with Gasteiger partial charge in [0.1, 0.15) is 5.75 Å². The van der Waals surface area contributed by atoms with Crippen molar-refractivity contribution in [3.63, 3.8) is 0 Å². The highest BCUT2D eigenvalue weighted by atomic mass is 16.4. The normalized spacial score (nSPS) is 14.8. The van der Waals surface area contributed by atoms with E-state index in [9.17, 15) is 19.8 Å². The molecule has 0 aliphatic heterocycles. The predicted molar refractivity (Wildman–Crippen MR) is 125 cm³/mol. The van der Waals surface area contributed by atoms with Gasteiger partial charge in [-0.1, -0.05) is 32.3 Å². The summed E-state index contributed by atoms with van der Waals surface area (Å²) < 4.78 is 2.17. The van der Waals surface area contributed by atoms with Crippen molar-refractivity contribution in [2.75, 3.05) is 6.54 Å². The second kappa shape index (κ2) is 9.20. The number of aromatic hydroxyl groups is 1. The van der Waals surface area contributed by atoms with Gasteiger partial charge in [0, 0.05) is 35.8 Å². The number of hydrogen-bond acceptors (Lipinski definition) is 4. The average Bonchev–Trinajstić information content (AvgIpc) is 3.08. The Bertz CT molecular complexity index is 1200. The van der Waals surface area contributed by atoms with Crippen molar-refractivity contribution in [2.24, 2.45) is 13.0 Å². The molecule has 0 radical (unpaired) electrons. The Kier molecular flexibility index (Phi) is 6.37. The summed E-state index contributed by atoms with van der Waals surface area (Å²) in [7, 11) is 2.05. The molecule has 7 nitrogen and oxygen atoms in total. The third-order valence-electron chi connectivity index (χ3n) is 6.75. The first kappa shape index (κ1) is 22.1. The molecule has 32 heavy (non-hydrogen) atoms. The molecule has 1 aromatic carbocycles. The van der Waals surface area contributed by atoms with Crippen LogP contribution in [-0.4, -0.2) is 32.3 Å². The number of benzene rings is 1. The lowest BCUT2D eigenvalue weighted by Crippen LogP contribution is -2.24. The molecule has 0 bridgehead atoms. The van der Waals surface area contributed by atoms with Gasteiger partial charge in [0.15, 0.2) is 5.56 Å². The van der Waals surface area contributed by atoms with Gasteiger partial charge in [0.2, 0.25) is 0 Å². The van der Waals surface area contributed by atoms with Gasteiger partial charge in [-0.05, 0) is 55.5 Å². The first-order valence-electron chi connectivity index (χ1n) is 11.4. The minimum atomic E-state index is -1.44. The van der Waals surface area contributed by atoms with E-state index in [1.807, 2.05) is 32.2 Å². The highest BCUT2D eigenvalue weighted by molar-refractivity contribution is 5.92. The number of nitrogens with one attached hydrogen (secondary N) is 2. The SMILES string of the molecule is CCc1c(-c2ccc3c(c2)cc(CNCC2CCCCC2)n3C)[nH]c(=O)c(C(=O)O)c1O. The van der Waals surface area contributed by atoms with Crippen molar-refractivity contribution in [1.29, 1.82) is 0 Å². The van der Waals surface area contributed by atoms with Crippen LogP contribution < -0.4 is 10.9 Å². The third-order valence-corrected chi connectivity index (χ3v) is 6.75. The second-order valence-electron chi connectivity index (χ2n) is 8.79. The van der Waals surface area contributed by atoms with E-state index in [-0.39, 0.29) is 0 Å². The Morgan fingerprint density at radius 1 is 1.22 bits per heavy atom. The Balaban J connectivity index is 1.63. The molecule has 0 atom stereocenters. The van der Waals surface area contributed by atoms with Crippen LogP contribution in [0, 0.1) is 5.92 Å². The number of carbonyl (C=O) groups is 1. The number of fused-ring (bicyclic) bond motifs is 1. The molecule has 170 valence electrons. The topological polar surface area (TPSA) is 107 Å². The number of carboxylic acids is 1. The number of hydrogen-bond donors (Lipinski definition) is 4. The van der Waals surface area contributed by atoms with Crippen LogP contribution in [0.25, 0.3) is 22.2 Å². The van der Waals surface area contributed by atoms with E-state index < -0.39 is 22.8 Å².